The smallest absolute Gasteiger partial charge is 0.270 e. The summed E-state index contributed by atoms with van der Waals surface area (Å²) in [5, 5.41) is 17.9. The van der Waals surface area contributed by atoms with Crippen molar-refractivity contribution in [2.75, 3.05) is 0 Å². The Balaban J connectivity index is 1.71. The zero-order chi connectivity index (χ0) is 17.4. The van der Waals surface area contributed by atoms with Gasteiger partial charge < -0.3 is 0 Å². The van der Waals surface area contributed by atoms with E-state index in [0.717, 1.165) is 16.3 Å². The van der Waals surface area contributed by atoms with E-state index in [1.54, 1.807) is 11.3 Å². The van der Waals surface area contributed by atoms with Gasteiger partial charge in [0.05, 0.1) is 34.4 Å². The Labute approximate surface area is 149 Å². The molecule has 0 saturated carbocycles. The first-order chi connectivity index (χ1) is 12.1. The second-order valence-corrected chi connectivity index (χ2v) is 6.93. The first-order valence-corrected chi connectivity index (χ1v) is 9.04. The fraction of sp³-hybridized carbons (Fsp3) is 0.0625. The molecule has 0 saturated heterocycles. The lowest BCUT2D eigenvalue weighted by Crippen LogP contribution is -2.21. The number of nitro benzene ring substituents is 1. The SMILES string of the molecule is O=c1c2cc([N+](=O)[O-])ccc2ncn1Cc1csc(-c2ccsc2)n1. The summed E-state index contributed by atoms with van der Waals surface area (Å²) in [4.78, 5) is 31.8. The number of nitrogens with zero attached hydrogens (tertiary/aromatic N) is 4. The quantitative estimate of drug-likeness (QED) is 0.405. The summed E-state index contributed by atoms with van der Waals surface area (Å²) < 4.78 is 1.42. The van der Waals surface area contributed by atoms with Gasteiger partial charge in [-0.05, 0) is 17.5 Å². The van der Waals surface area contributed by atoms with E-state index in [0.29, 0.717) is 5.52 Å². The van der Waals surface area contributed by atoms with Crippen molar-refractivity contribution < 1.29 is 4.92 Å². The predicted octanol–water partition coefficient (Wildman–Crippen LogP) is 3.54. The number of hydrogen-bond acceptors (Lipinski definition) is 7. The molecular weight excluding hydrogens is 360 g/mol. The van der Waals surface area contributed by atoms with E-state index in [9.17, 15) is 14.9 Å². The van der Waals surface area contributed by atoms with Gasteiger partial charge in [0, 0.05) is 28.5 Å². The number of fused-ring (bicyclic) bond motifs is 1. The van der Waals surface area contributed by atoms with Crippen LogP contribution in [-0.2, 0) is 6.54 Å². The van der Waals surface area contributed by atoms with Crippen LogP contribution in [0.1, 0.15) is 5.69 Å². The molecule has 1 aromatic carbocycles. The van der Waals surface area contributed by atoms with Crippen molar-refractivity contribution in [1.29, 1.82) is 0 Å². The van der Waals surface area contributed by atoms with Crippen molar-refractivity contribution in [1.82, 2.24) is 14.5 Å². The minimum atomic E-state index is -0.524. The van der Waals surface area contributed by atoms with E-state index in [1.807, 2.05) is 22.2 Å². The Bertz CT molecular complexity index is 1130. The molecule has 7 nitrogen and oxygen atoms in total. The third-order valence-electron chi connectivity index (χ3n) is 3.67. The first-order valence-electron chi connectivity index (χ1n) is 7.22. The highest BCUT2D eigenvalue weighted by Crippen LogP contribution is 2.26. The average molecular weight is 370 g/mol. The molecule has 4 rings (SSSR count). The average Bonchev–Trinajstić information content (AvgIpc) is 3.28. The lowest BCUT2D eigenvalue weighted by Gasteiger charge is -2.04. The van der Waals surface area contributed by atoms with E-state index < -0.39 is 4.92 Å². The van der Waals surface area contributed by atoms with Gasteiger partial charge in [0.15, 0.2) is 0 Å². The highest BCUT2D eigenvalue weighted by molar-refractivity contribution is 7.14. The molecule has 0 spiro atoms. The Morgan fingerprint density at radius 2 is 2.12 bits per heavy atom. The first kappa shape index (κ1) is 15.6. The van der Waals surface area contributed by atoms with Crippen molar-refractivity contribution >= 4 is 39.3 Å². The molecule has 0 radical (unpaired) electrons. The number of hydrogen-bond donors (Lipinski definition) is 0. The largest absolute Gasteiger partial charge is 0.293 e. The zero-order valence-electron chi connectivity index (χ0n) is 12.7. The van der Waals surface area contributed by atoms with Crippen molar-refractivity contribution in [2.24, 2.45) is 0 Å². The number of thiazole rings is 1. The summed E-state index contributed by atoms with van der Waals surface area (Å²) in [5.41, 5.74) is 1.79. The predicted molar refractivity (Wildman–Crippen MR) is 97.2 cm³/mol. The van der Waals surface area contributed by atoms with Crippen molar-refractivity contribution in [2.45, 2.75) is 6.54 Å². The number of benzene rings is 1. The zero-order valence-corrected chi connectivity index (χ0v) is 14.3. The Hall–Kier alpha value is -2.91. The summed E-state index contributed by atoms with van der Waals surface area (Å²) in [5.74, 6) is 0. The molecule has 0 amide bonds. The summed E-state index contributed by atoms with van der Waals surface area (Å²) in [6.45, 7) is 0.269. The third kappa shape index (κ3) is 2.94. The van der Waals surface area contributed by atoms with Crippen LogP contribution in [0.15, 0.2) is 51.5 Å². The van der Waals surface area contributed by atoms with Crippen LogP contribution in [0.25, 0.3) is 21.5 Å². The highest BCUT2D eigenvalue weighted by Gasteiger charge is 2.12. The van der Waals surface area contributed by atoms with E-state index >= 15 is 0 Å². The topological polar surface area (TPSA) is 90.9 Å². The van der Waals surface area contributed by atoms with Crippen LogP contribution in [-0.4, -0.2) is 19.5 Å². The van der Waals surface area contributed by atoms with Gasteiger partial charge in [0.1, 0.15) is 5.01 Å². The maximum absolute atomic E-state index is 12.6. The fourth-order valence-electron chi connectivity index (χ4n) is 2.45. The van der Waals surface area contributed by atoms with Crippen LogP contribution in [0.3, 0.4) is 0 Å². The molecule has 0 atom stereocenters. The van der Waals surface area contributed by atoms with Crippen LogP contribution in [0.2, 0.25) is 0 Å². The molecule has 25 heavy (non-hydrogen) atoms. The summed E-state index contributed by atoms with van der Waals surface area (Å²) in [6.07, 6.45) is 1.44. The van der Waals surface area contributed by atoms with E-state index in [2.05, 4.69) is 9.97 Å². The van der Waals surface area contributed by atoms with Crippen LogP contribution < -0.4 is 5.56 Å². The maximum Gasteiger partial charge on any atom is 0.270 e. The fourth-order valence-corrected chi connectivity index (χ4v) is 3.97. The van der Waals surface area contributed by atoms with Gasteiger partial charge in [0.2, 0.25) is 0 Å². The van der Waals surface area contributed by atoms with Gasteiger partial charge in [-0.3, -0.25) is 19.5 Å². The third-order valence-corrected chi connectivity index (χ3v) is 5.29. The molecule has 0 N–H and O–H groups in total. The molecule has 0 fully saturated rings. The van der Waals surface area contributed by atoms with Gasteiger partial charge >= 0.3 is 0 Å². The minimum Gasteiger partial charge on any atom is -0.293 e. The summed E-state index contributed by atoms with van der Waals surface area (Å²) in [6, 6.07) is 6.08. The summed E-state index contributed by atoms with van der Waals surface area (Å²) in [7, 11) is 0. The molecule has 124 valence electrons. The molecule has 4 aromatic rings. The number of nitro groups is 1. The Morgan fingerprint density at radius 3 is 2.88 bits per heavy atom. The summed E-state index contributed by atoms with van der Waals surface area (Å²) >= 11 is 3.11. The van der Waals surface area contributed by atoms with Crippen molar-refractivity contribution in [3.63, 3.8) is 0 Å². The maximum atomic E-state index is 12.6. The van der Waals surface area contributed by atoms with Crippen molar-refractivity contribution in [3.05, 3.63) is 72.9 Å². The highest BCUT2D eigenvalue weighted by atomic mass is 32.1. The lowest BCUT2D eigenvalue weighted by molar-refractivity contribution is -0.384. The standard InChI is InChI=1S/C16H10N4O3S2/c21-16-13-5-12(20(22)23)1-2-14(13)17-9-19(16)6-11-8-25-15(18-11)10-3-4-24-7-10/h1-5,7-9H,6H2. The normalized spacial score (nSPS) is 11.0. The monoisotopic (exact) mass is 370 g/mol. The number of aromatic nitrogens is 3. The van der Waals surface area contributed by atoms with Crippen LogP contribution in [0.4, 0.5) is 5.69 Å². The van der Waals surface area contributed by atoms with Gasteiger partial charge in [-0.15, -0.1) is 11.3 Å². The van der Waals surface area contributed by atoms with Gasteiger partial charge in [-0.2, -0.15) is 11.3 Å². The van der Waals surface area contributed by atoms with Gasteiger partial charge in [-0.25, -0.2) is 9.97 Å². The van der Waals surface area contributed by atoms with Gasteiger partial charge in [0.25, 0.3) is 11.2 Å². The van der Waals surface area contributed by atoms with Crippen molar-refractivity contribution in [3.8, 4) is 10.6 Å². The Kier molecular flexibility index (Phi) is 3.86. The second-order valence-electron chi connectivity index (χ2n) is 5.29. The molecule has 0 aliphatic heterocycles. The van der Waals surface area contributed by atoms with Crippen LogP contribution in [0, 0.1) is 10.1 Å². The molecule has 3 heterocycles. The van der Waals surface area contributed by atoms with Crippen LogP contribution >= 0.6 is 22.7 Å². The molecule has 0 aliphatic carbocycles. The number of non-ortho nitro benzene ring substituents is 1. The number of thiophene rings is 1. The second kappa shape index (κ2) is 6.19. The van der Waals surface area contributed by atoms with Gasteiger partial charge in [-0.1, -0.05) is 0 Å². The lowest BCUT2D eigenvalue weighted by atomic mass is 10.2. The Morgan fingerprint density at radius 1 is 1.24 bits per heavy atom. The van der Waals surface area contributed by atoms with E-state index in [4.69, 9.17) is 0 Å². The minimum absolute atomic E-state index is 0.127. The van der Waals surface area contributed by atoms with E-state index in [1.165, 1.54) is 40.4 Å². The van der Waals surface area contributed by atoms with E-state index in [-0.39, 0.29) is 23.2 Å². The number of rotatable bonds is 4. The van der Waals surface area contributed by atoms with Crippen LogP contribution in [0.5, 0.6) is 0 Å². The molecule has 0 aliphatic rings. The molecule has 0 bridgehead atoms. The molecular formula is C16H10N4O3S2. The molecule has 9 heteroatoms. The molecule has 0 unspecified atom stereocenters. The molecule has 3 aromatic heterocycles.